The number of benzene rings is 2. The van der Waals surface area contributed by atoms with Gasteiger partial charge in [-0.15, -0.1) is 0 Å². The van der Waals surface area contributed by atoms with Gasteiger partial charge in [-0.05, 0) is 53.8 Å². The van der Waals surface area contributed by atoms with Crippen LogP contribution in [-0.4, -0.2) is 0 Å². The van der Waals surface area contributed by atoms with Crippen molar-refractivity contribution in [3.8, 4) is 17.9 Å². The molecule has 0 saturated heterocycles. The minimum atomic E-state index is 0.447. The van der Waals surface area contributed by atoms with Gasteiger partial charge in [0.2, 0.25) is 0 Å². The van der Waals surface area contributed by atoms with E-state index in [1.54, 1.807) is 18.2 Å². The molecule has 22 heavy (non-hydrogen) atoms. The summed E-state index contributed by atoms with van der Waals surface area (Å²) in [6.45, 7) is 4.73. The van der Waals surface area contributed by atoms with Gasteiger partial charge in [0, 0.05) is 0 Å². The zero-order valence-electron chi connectivity index (χ0n) is 12.8. The first kappa shape index (κ1) is 15.6. The van der Waals surface area contributed by atoms with E-state index >= 15 is 0 Å². The van der Waals surface area contributed by atoms with Gasteiger partial charge in [-0.3, -0.25) is 0 Å². The van der Waals surface area contributed by atoms with Crippen LogP contribution in [0.1, 0.15) is 36.1 Å². The van der Waals surface area contributed by atoms with Crippen molar-refractivity contribution in [2.75, 3.05) is 0 Å². The van der Waals surface area contributed by atoms with Crippen molar-refractivity contribution in [1.82, 2.24) is 0 Å². The van der Waals surface area contributed by atoms with E-state index in [-0.39, 0.29) is 0 Å². The Labute approximate surface area is 131 Å². The zero-order valence-corrected chi connectivity index (χ0v) is 12.8. The van der Waals surface area contributed by atoms with Crippen LogP contribution in [0.3, 0.4) is 0 Å². The number of nitrogens with zero attached hydrogens (tertiary/aromatic N) is 2. The molecule has 0 saturated carbocycles. The third-order valence-corrected chi connectivity index (χ3v) is 3.30. The van der Waals surface area contributed by atoms with E-state index in [9.17, 15) is 0 Å². The second-order valence-electron chi connectivity index (χ2n) is 5.63. The maximum absolute atomic E-state index is 9.03. The molecular formula is C19H18N2O. The topological polar surface area (TPSA) is 56.8 Å². The molecule has 0 spiro atoms. The van der Waals surface area contributed by atoms with Crippen LogP contribution in [0.4, 0.5) is 0 Å². The Kier molecular flexibility index (Phi) is 5.17. The Balaban J connectivity index is 2.14. The van der Waals surface area contributed by atoms with E-state index < -0.39 is 0 Å². The predicted molar refractivity (Wildman–Crippen MR) is 85.2 cm³/mol. The summed E-state index contributed by atoms with van der Waals surface area (Å²) < 4.78 is 5.90. The number of hydrogen-bond acceptors (Lipinski definition) is 3. The van der Waals surface area contributed by atoms with Crippen LogP contribution in [0.25, 0.3) is 0 Å². The molecule has 0 atom stereocenters. The normalized spacial score (nSPS) is 10.0. The molecule has 0 radical (unpaired) electrons. The van der Waals surface area contributed by atoms with Crippen molar-refractivity contribution in [1.29, 1.82) is 10.5 Å². The molecule has 0 unspecified atom stereocenters. The first-order chi connectivity index (χ1) is 10.6. The van der Waals surface area contributed by atoms with Crippen LogP contribution < -0.4 is 4.74 Å². The fourth-order valence-electron chi connectivity index (χ4n) is 2.23. The molecule has 0 aliphatic rings. The lowest BCUT2D eigenvalue weighted by Gasteiger charge is -2.13. The highest BCUT2D eigenvalue weighted by atomic mass is 16.5. The molecule has 0 heterocycles. The summed E-state index contributed by atoms with van der Waals surface area (Å²) in [6, 6.07) is 17.2. The highest BCUT2D eigenvalue weighted by Gasteiger charge is 2.08. The van der Waals surface area contributed by atoms with Gasteiger partial charge < -0.3 is 4.74 Å². The molecule has 2 aromatic rings. The third kappa shape index (κ3) is 4.11. The molecular weight excluding hydrogens is 272 g/mol. The Morgan fingerprint density at radius 2 is 1.59 bits per heavy atom. The van der Waals surface area contributed by atoms with E-state index in [4.69, 9.17) is 15.3 Å². The Morgan fingerprint density at radius 1 is 0.955 bits per heavy atom. The summed E-state index contributed by atoms with van der Waals surface area (Å²) in [5.41, 5.74) is 3.37. The minimum absolute atomic E-state index is 0.447. The monoisotopic (exact) mass is 290 g/mol. The highest BCUT2D eigenvalue weighted by molar-refractivity contribution is 5.42. The molecule has 2 aromatic carbocycles. The van der Waals surface area contributed by atoms with Crippen LogP contribution >= 0.6 is 0 Å². The van der Waals surface area contributed by atoms with Crippen molar-refractivity contribution in [2.24, 2.45) is 5.92 Å². The van der Waals surface area contributed by atoms with Gasteiger partial charge in [0.15, 0.2) is 0 Å². The van der Waals surface area contributed by atoms with Crippen molar-refractivity contribution >= 4 is 0 Å². The van der Waals surface area contributed by atoms with Crippen LogP contribution in [0.15, 0.2) is 42.5 Å². The van der Waals surface area contributed by atoms with Gasteiger partial charge in [0.25, 0.3) is 0 Å². The molecule has 3 nitrogen and oxygen atoms in total. The van der Waals surface area contributed by atoms with Gasteiger partial charge in [-0.2, -0.15) is 10.5 Å². The molecule has 0 bridgehead atoms. The van der Waals surface area contributed by atoms with E-state index in [1.165, 1.54) is 0 Å². The first-order valence-electron chi connectivity index (χ1n) is 7.27. The van der Waals surface area contributed by atoms with Crippen LogP contribution in [0.5, 0.6) is 5.75 Å². The molecule has 2 rings (SSSR count). The highest BCUT2D eigenvalue weighted by Crippen LogP contribution is 2.24. The van der Waals surface area contributed by atoms with Crippen LogP contribution in [0.2, 0.25) is 0 Å². The molecule has 3 heteroatoms. The quantitative estimate of drug-likeness (QED) is 0.829. The molecule has 0 aliphatic carbocycles. The van der Waals surface area contributed by atoms with Gasteiger partial charge in [-0.1, -0.05) is 26.0 Å². The molecule has 110 valence electrons. The van der Waals surface area contributed by atoms with E-state index in [1.807, 2.05) is 24.3 Å². The molecule has 0 fully saturated rings. The summed E-state index contributed by atoms with van der Waals surface area (Å²) in [5.74, 6) is 1.31. The number of nitriles is 2. The standard InChI is InChI=1S/C19H18N2O/c1-14(2)9-18-10-17(12-21)7-8-19(18)22-13-16-5-3-15(11-20)4-6-16/h3-8,10,14H,9,13H2,1-2H3. The zero-order chi connectivity index (χ0) is 15.9. The fraction of sp³-hybridized carbons (Fsp3) is 0.263. The number of ether oxygens (including phenoxy) is 1. The van der Waals surface area contributed by atoms with Crippen LogP contribution in [-0.2, 0) is 13.0 Å². The molecule has 0 aliphatic heterocycles. The van der Waals surface area contributed by atoms with Gasteiger partial charge in [0.1, 0.15) is 12.4 Å². The van der Waals surface area contributed by atoms with E-state index in [2.05, 4.69) is 26.0 Å². The number of hydrogen-bond donors (Lipinski definition) is 0. The summed E-state index contributed by atoms with van der Waals surface area (Å²) in [5, 5.41) is 17.8. The first-order valence-corrected chi connectivity index (χ1v) is 7.27. The average molecular weight is 290 g/mol. The van der Waals surface area contributed by atoms with E-state index in [0.29, 0.717) is 23.7 Å². The SMILES string of the molecule is CC(C)Cc1cc(C#N)ccc1OCc1ccc(C#N)cc1. The third-order valence-electron chi connectivity index (χ3n) is 3.30. The summed E-state index contributed by atoms with van der Waals surface area (Å²) in [4.78, 5) is 0. The maximum atomic E-state index is 9.03. The maximum Gasteiger partial charge on any atom is 0.123 e. The Hall–Kier alpha value is -2.78. The van der Waals surface area contributed by atoms with Crippen molar-refractivity contribution in [3.05, 3.63) is 64.7 Å². The smallest absolute Gasteiger partial charge is 0.123 e. The van der Waals surface area contributed by atoms with Crippen molar-refractivity contribution in [2.45, 2.75) is 26.9 Å². The Bertz CT molecular complexity index is 719. The molecule has 0 amide bonds. The van der Waals surface area contributed by atoms with E-state index in [0.717, 1.165) is 23.3 Å². The summed E-state index contributed by atoms with van der Waals surface area (Å²) in [6.07, 6.45) is 0.873. The van der Waals surface area contributed by atoms with Gasteiger partial charge in [0.05, 0.1) is 23.3 Å². The van der Waals surface area contributed by atoms with Crippen molar-refractivity contribution in [3.63, 3.8) is 0 Å². The summed E-state index contributed by atoms with van der Waals surface area (Å²) in [7, 11) is 0. The summed E-state index contributed by atoms with van der Waals surface area (Å²) >= 11 is 0. The second-order valence-corrected chi connectivity index (χ2v) is 5.63. The lowest BCUT2D eigenvalue weighted by Crippen LogP contribution is -2.02. The second kappa shape index (κ2) is 7.29. The van der Waals surface area contributed by atoms with Gasteiger partial charge in [-0.25, -0.2) is 0 Å². The van der Waals surface area contributed by atoms with Crippen LogP contribution in [0, 0.1) is 28.6 Å². The number of rotatable bonds is 5. The Morgan fingerprint density at radius 3 is 2.18 bits per heavy atom. The van der Waals surface area contributed by atoms with Gasteiger partial charge >= 0.3 is 0 Å². The fourth-order valence-corrected chi connectivity index (χ4v) is 2.23. The van der Waals surface area contributed by atoms with Crippen molar-refractivity contribution < 1.29 is 4.74 Å². The predicted octanol–water partition coefficient (Wildman–Crippen LogP) is 4.21. The lowest BCUT2D eigenvalue weighted by molar-refractivity contribution is 0.301. The molecule has 0 aromatic heterocycles. The largest absolute Gasteiger partial charge is 0.489 e. The lowest BCUT2D eigenvalue weighted by atomic mass is 10.0. The minimum Gasteiger partial charge on any atom is -0.489 e. The molecule has 0 N–H and O–H groups in total. The average Bonchev–Trinajstić information content (AvgIpc) is 2.53.